The van der Waals surface area contributed by atoms with Crippen molar-refractivity contribution in [3.05, 3.63) is 0 Å². The molecule has 1 rings (SSSR count). The highest BCUT2D eigenvalue weighted by molar-refractivity contribution is 8.13. The van der Waals surface area contributed by atoms with Crippen LogP contribution in [0.4, 0.5) is 0 Å². The molecule has 0 fully saturated rings. The number of rotatable bonds is 0. The SMILES string of the molecule is NC1=NCC(O)CS1. The van der Waals surface area contributed by atoms with Gasteiger partial charge in [0, 0.05) is 5.75 Å². The predicted octanol–water partition coefficient (Wildman–Crippen LogP) is -0.591. The average Bonchev–Trinajstić information content (AvgIpc) is 1.77. The molecule has 0 amide bonds. The number of hydrogen-bond acceptors (Lipinski definition) is 4. The van der Waals surface area contributed by atoms with Gasteiger partial charge in [-0.15, -0.1) is 0 Å². The van der Waals surface area contributed by atoms with Gasteiger partial charge in [0.1, 0.15) is 0 Å². The first-order valence-electron chi connectivity index (χ1n) is 2.40. The van der Waals surface area contributed by atoms with Crippen LogP contribution in [-0.2, 0) is 0 Å². The van der Waals surface area contributed by atoms with Gasteiger partial charge in [-0.05, 0) is 0 Å². The summed E-state index contributed by atoms with van der Waals surface area (Å²) in [5.74, 6) is 0.690. The molecule has 0 spiro atoms. The summed E-state index contributed by atoms with van der Waals surface area (Å²) in [4.78, 5) is 3.82. The second-order valence-corrected chi connectivity index (χ2v) is 2.68. The second kappa shape index (κ2) is 2.37. The molecule has 1 atom stereocenters. The van der Waals surface area contributed by atoms with Crippen molar-refractivity contribution in [2.75, 3.05) is 12.3 Å². The molecule has 3 nitrogen and oxygen atoms in total. The molecular formula is C4H8N2OS. The maximum atomic E-state index is 8.84. The fourth-order valence-corrected chi connectivity index (χ4v) is 1.11. The zero-order valence-electron chi connectivity index (χ0n) is 4.37. The third-order valence-electron chi connectivity index (χ3n) is 0.881. The first kappa shape index (κ1) is 5.91. The molecule has 0 aromatic rings. The summed E-state index contributed by atoms with van der Waals surface area (Å²) in [6, 6.07) is 0. The van der Waals surface area contributed by atoms with Crippen LogP contribution in [0.2, 0.25) is 0 Å². The topological polar surface area (TPSA) is 58.6 Å². The Morgan fingerprint density at radius 3 is 3.00 bits per heavy atom. The van der Waals surface area contributed by atoms with Crippen molar-refractivity contribution in [2.24, 2.45) is 10.7 Å². The highest BCUT2D eigenvalue weighted by Crippen LogP contribution is 2.08. The minimum absolute atomic E-state index is 0.285. The Morgan fingerprint density at radius 1 is 1.88 bits per heavy atom. The molecule has 0 aromatic heterocycles. The van der Waals surface area contributed by atoms with Gasteiger partial charge in [-0.3, -0.25) is 4.99 Å². The molecule has 0 radical (unpaired) electrons. The van der Waals surface area contributed by atoms with Crippen LogP contribution in [0.1, 0.15) is 0 Å². The number of aliphatic hydroxyl groups excluding tert-OH is 1. The van der Waals surface area contributed by atoms with Crippen molar-refractivity contribution in [3.8, 4) is 0 Å². The summed E-state index contributed by atoms with van der Waals surface area (Å²) < 4.78 is 0. The zero-order valence-corrected chi connectivity index (χ0v) is 5.19. The molecule has 0 aliphatic carbocycles. The molecule has 8 heavy (non-hydrogen) atoms. The van der Waals surface area contributed by atoms with E-state index in [9.17, 15) is 0 Å². The number of nitrogens with zero attached hydrogens (tertiary/aromatic N) is 1. The van der Waals surface area contributed by atoms with E-state index in [1.54, 1.807) is 0 Å². The van der Waals surface area contributed by atoms with Gasteiger partial charge in [-0.2, -0.15) is 0 Å². The van der Waals surface area contributed by atoms with Crippen LogP contribution >= 0.6 is 11.8 Å². The van der Waals surface area contributed by atoms with Gasteiger partial charge >= 0.3 is 0 Å². The van der Waals surface area contributed by atoms with Gasteiger partial charge in [0.05, 0.1) is 12.6 Å². The summed E-state index contributed by atoms with van der Waals surface area (Å²) in [5, 5.41) is 9.44. The largest absolute Gasteiger partial charge is 0.390 e. The van der Waals surface area contributed by atoms with Crippen LogP contribution in [0.15, 0.2) is 4.99 Å². The summed E-state index contributed by atoms with van der Waals surface area (Å²) in [6.45, 7) is 0.471. The Bertz CT molecular complexity index is 115. The molecule has 1 heterocycles. The van der Waals surface area contributed by atoms with Crippen molar-refractivity contribution in [1.29, 1.82) is 0 Å². The highest BCUT2D eigenvalue weighted by Gasteiger charge is 2.09. The maximum absolute atomic E-state index is 8.84. The number of aliphatic hydroxyl groups is 1. The molecule has 3 N–H and O–H groups in total. The summed E-state index contributed by atoms with van der Waals surface area (Å²) in [6.07, 6.45) is -0.285. The molecule has 1 aliphatic heterocycles. The normalized spacial score (nSPS) is 29.6. The standard InChI is InChI=1S/C4H8N2OS/c5-4-6-1-3(7)2-8-4/h3,7H,1-2H2,(H2,5,6). The minimum atomic E-state index is -0.285. The Kier molecular flexibility index (Phi) is 1.75. The Balaban J connectivity index is 2.42. The molecule has 0 bridgehead atoms. The van der Waals surface area contributed by atoms with Crippen molar-refractivity contribution >= 4 is 16.9 Å². The van der Waals surface area contributed by atoms with Crippen LogP contribution in [0.25, 0.3) is 0 Å². The zero-order chi connectivity index (χ0) is 5.98. The predicted molar refractivity (Wildman–Crippen MR) is 35.0 cm³/mol. The lowest BCUT2D eigenvalue weighted by atomic mass is 10.4. The quantitative estimate of drug-likeness (QED) is 0.463. The van der Waals surface area contributed by atoms with E-state index in [-0.39, 0.29) is 6.10 Å². The van der Waals surface area contributed by atoms with Crippen LogP contribution < -0.4 is 5.73 Å². The summed E-state index contributed by atoms with van der Waals surface area (Å²) in [5.41, 5.74) is 5.30. The van der Waals surface area contributed by atoms with Crippen LogP contribution in [-0.4, -0.2) is 28.7 Å². The lowest BCUT2D eigenvalue weighted by Crippen LogP contribution is -2.24. The monoisotopic (exact) mass is 132 g/mol. The number of aliphatic imine (C=N–C) groups is 1. The van der Waals surface area contributed by atoms with Crippen molar-refractivity contribution in [2.45, 2.75) is 6.10 Å². The molecule has 1 aliphatic rings. The third kappa shape index (κ3) is 1.38. The van der Waals surface area contributed by atoms with E-state index < -0.39 is 0 Å². The molecule has 0 saturated heterocycles. The van der Waals surface area contributed by atoms with E-state index in [1.807, 2.05) is 0 Å². The van der Waals surface area contributed by atoms with E-state index in [2.05, 4.69) is 4.99 Å². The van der Waals surface area contributed by atoms with Gasteiger partial charge in [-0.25, -0.2) is 0 Å². The molecule has 0 saturated carbocycles. The number of nitrogens with two attached hydrogens (primary N) is 1. The van der Waals surface area contributed by atoms with E-state index in [1.165, 1.54) is 11.8 Å². The fraction of sp³-hybridized carbons (Fsp3) is 0.750. The van der Waals surface area contributed by atoms with E-state index in [0.29, 0.717) is 17.5 Å². The highest BCUT2D eigenvalue weighted by atomic mass is 32.2. The maximum Gasteiger partial charge on any atom is 0.154 e. The Labute approximate surface area is 52.0 Å². The average molecular weight is 132 g/mol. The van der Waals surface area contributed by atoms with E-state index in [0.717, 1.165) is 0 Å². The van der Waals surface area contributed by atoms with Gasteiger partial charge in [0.25, 0.3) is 0 Å². The molecule has 46 valence electrons. The molecule has 4 heteroatoms. The van der Waals surface area contributed by atoms with Crippen molar-refractivity contribution in [1.82, 2.24) is 0 Å². The lowest BCUT2D eigenvalue weighted by Gasteiger charge is -2.11. The van der Waals surface area contributed by atoms with Crippen molar-refractivity contribution in [3.63, 3.8) is 0 Å². The van der Waals surface area contributed by atoms with E-state index in [4.69, 9.17) is 10.8 Å². The fourth-order valence-electron chi connectivity index (χ4n) is 0.475. The van der Waals surface area contributed by atoms with Gasteiger partial charge < -0.3 is 10.8 Å². The number of amidine groups is 1. The number of hydrogen-bond donors (Lipinski definition) is 2. The smallest absolute Gasteiger partial charge is 0.154 e. The van der Waals surface area contributed by atoms with E-state index >= 15 is 0 Å². The minimum Gasteiger partial charge on any atom is -0.390 e. The van der Waals surface area contributed by atoms with Gasteiger partial charge in [0.2, 0.25) is 0 Å². The third-order valence-corrected chi connectivity index (χ3v) is 1.86. The Morgan fingerprint density at radius 2 is 2.62 bits per heavy atom. The summed E-state index contributed by atoms with van der Waals surface area (Å²) in [7, 11) is 0. The van der Waals surface area contributed by atoms with Crippen LogP contribution in [0, 0.1) is 0 Å². The van der Waals surface area contributed by atoms with Gasteiger partial charge in [-0.1, -0.05) is 11.8 Å². The lowest BCUT2D eigenvalue weighted by molar-refractivity contribution is 0.208. The Hall–Kier alpha value is -0.220. The molecular weight excluding hydrogens is 124 g/mol. The van der Waals surface area contributed by atoms with Crippen LogP contribution in [0.3, 0.4) is 0 Å². The van der Waals surface area contributed by atoms with Crippen molar-refractivity contribution < 1.29 is 5.11 Å². The summed E-state index contributed by atoms with van der Waals surface area (Å²) >= 11 is 1.40. The van der Waals surface area contributed by atoms with Crippen LogP contribution in [0.5, 0.6) is 0 Å². The number of thioether (sulfide) groups is 1. The first-order valence-corrected chi connectivity index (χ1v) is 3.38. The second-order valence-electron chi connectivity index (χ2n) is 1.64. The molecule has 1 unspecified atom stereocenters. The molecule has 0 aromatic carbocycles. The van der Waals surface area contributed by atoms with Gasteiger partial charge in [0.15, 0.2) is 5.17 Å². The first-order chi connectivity index (χ1) is 3.79.